The van der Waals surface area contributed by atoms with Crippen LogP contribution in [0.15, 0.2) is 121 Å². The Labute approximate surface area is 208 Å². The summed E-state index contributed by atoms with van der Waals surface area (Å²) in [5.41, 5.74) is 6.04. The van der Waals surface area contributed by atoms with Crippen LogP contribution in [-0.2, 0) is 0 Å². The van der Waals surface area contributed by atoms with Crippen molar-refractivity contribution in [1.82, 2.24) is 4.57 Å². The lowest BCUT2D eigenvalue weighted by Gasteiger charge is -2.27. The molecule has 6 rings (SSSR count). The SMILES string of the molecule is Clc1cc(-n2c3ccccc3c3ccccc32)cc(N(c2ccccc2)c2ccccc2)c1Cl. The van der Waals surface area contributed by atoms with Crippen LogP contribution in [0.3, 0.4) is 0 Å². The molecule has 164 valence electrons. The molecular formula is C30H20Cl2N2. The van der Waals surface area contributed by atoms with Gasteiger partial charge in [-0.05, 0) is 48.5 Å². The molecule has 1 aromatic heterocycles. The molecule has 0 amide bonds. The van der Waals surface area contributed by atoms with Gasteiger partial charge in [0.2, 0.25) is 0 Å². The third-order valence-electron chi connectivity index (χ3n) is 6.10. The molecule has 0 saturated heterocycles. The summed E-state index contributed by atoms with van der Waals surface area (Å²) in [6.45, 7) is 0. The van der Waals surface area contributed by atoms with Crippen molar-refractivity contribution < 1.29 is 0 Å². The minimum Gasteiger partial charge on any atom is -0.309 e. The minimum atomic E-state index is 0.507. The van der Waals surface area contributed by atoms with Crippen LogP contribution in [0.4, 0.5) is 17.1 Å². The van der Waals surface area contributed by atoms with Crippen molar-refractivity contribution >= 4 is 62.1 Å². The number of hydrogen-bond acceptors (Lipinski definition) is 1. The predicted molar refractivity (Wildman–Crippen MR) is 145 cm³/mol. The summed E-state index contributed by atoms with van der Waals surface area (Å²) in [6, 6.07) is 41.4. The number of halogens is 2. The third-order valence-corrected chi connectivity index (χ3v) is 6.89. The van der Waals surface area contributed by atoms with Gasteiger partial charge >= 0.3 is 0 Å². The normalized spacial score (nSPS) is 11.2. The van der Waals surface area contributed by atoms with E-state index in [1.165, 1.54) is 10.8 Å². The van der Waals surface area contributed by atoms with Gasteiger partial charge in [0.1, 0.15) is 0 Å². The minimum absolute atomic E-state index is 0.507. The lowest BCUT2D eigenvalue weighted by molar-refractivity contribution is 1.17. The molecule has 34 heavy (non-hydrogen) atoms. The van der Waals surface area contributed by atoms with Crippen molar-refractivity contribution in [3.63, 3.8) is 0 Å². The Bertz CT molecular complexity index is 1530. The second-order valence-electron chi connectivity index (χ2n) is 8.14. The largest absolute Gasteiger partial charge is 0.309 e. The van der Waals surface area contributed by atoms with Crippen LogP contribution in [-0.4, -0.2) is 4.57 Å². The van der Waals surface area contributed by atoms with E-state index >= 15 is 0 Å². The molecule has 0 saturated carbocycles. The van der Waals surface area contributed by atoms with E-state index in [1.54, 1.807) is 0 Å². The quantitative estimate of drug-likeness (QED) is 0.244. The number of nitrogens with zero attached hydrogens (tertiary/aromatic N) is 2. The Morgan fingerprint density at radius 2 is 1.00 bits per heavy atom. The van der Waals surface area contributed by atoms with Crippen molar-refractivity contribution in [3.8, 4) is 5.69 Å². The van der Waals surface area contributed by atoms with Crippen LogP contribution in [0.2, 0.25) is 10.0 Å². The molecule has 0 atom stereocenters. The molecule has 0 aliphatic carbocycles. The Balaban J connectivity index is 1.65. The summed E-state index contributed by atoms with van der Waals surface area (Å²) in [5, 5.41) is 3.43. The summed E-state index contributed by atoms with van der Waals surface area (Å²) >= 11 is 13.7. The summed E-state index contributed by atoms with van der Waals surface area (Å²) in [4.78, 5) is 2.14. The maximum atomic E-state index is 6.87. The van der Waals surface area contributed by atoms with E-state index in [-0.39, 0.29) is 0 Å². The number of anilines is 3. The van der Waals surface area contributed by atoms with Gasteiger partial charge in [-0.2, -0.15) is 0 Å². The zero-order valence-corrected chi connectivity index (χ0v) is 19.7. The van der Waals surface area contributed by atoms with Gasteiger partial charge in [0.05, 0.1) is 26.8 Å². The number of aromatic nitrogens is 1. The number of rotatable bonds is 4. The van der Waals surface area contributed by atoms with Crippen molar-refractivity contribution in [2.24, 2.45) is 0 Å². The Morgan fingerprint density at radius 3 is 1.53 bits per heavy atom. The second kappa shape index (κ2) is 8.57. The van der Waals surface area contributed by atoms with Gasteiger partial charge in [0.25, 0.3) is 0 Å². The van der Waals surface area contributed by atoms with Gasteiger partial charge in [0, 0.05) is 27.8 Å². The molecule has 0 N–H and O–H groups in total. The zero-order chi connectivity index (χ0) is 23.1. The number of hydrogen-bond donors (Lipinski definition) is 0. The molecule has 1 heterocycles. The van der Waals surface area contributed by atoms with E-state index in [2.05, 4.69) is 88.3 Å². The Kier molecular flexibility index (Phi) is 5.26. The molecule has 0 fully saturated rings. The molecule has 0 aliphatic rings. The average Bonchev–Trinajstić information content (AvgIpc) is 3.22. The zero-order valence-electron chi connectivity index (χ0n) is 18.2. The first-order chi connectivity index (χ1) is 16.7. The van der Waals surface area contributed by atoms with Gasteiger partial charge < -0.3 is 9.47 Å². The lowest BCUT2D eigenvalue weighted by atomic mass is 10.1. The van der Waals surface area contributed by atoms with E-state index in [0.29, 0.717) is 10.0 Å². The van der Waals surface area contributed by atoms with Gasteiger partial charge in [-0.3, -0.25) is 0 Å². The predicted octanol–water partition coefficient (Wildman–Crippen LogP) is 9.56. The topological polar surface area (TPSA) is 8.17 Å². The van der Waals surface area contributed by atoms with Crippen LogP contribution in [0, 0.1) is 0 Å². The fourth-order valence-electron chi connectivity index (χ4n) is 4.63. The fraction of sp³-hybridized carbons (Fsp3) is 0. The first-order valence-electron chi connectivity index (χ1n) is 11.1. The summed E-state index contributed by atoms with van der Waals surface area (Å²) < 4.78 is 2.25. The molecule has 0 spiro atoms. The molecule has 2 nitrogen and oxygen atoms in total. The lowest BCUT2D eigenvalue weighted by Crippen LogP contribution is -2.11. The van der Waals surface area contributed by atoms with Crippen molar-refractivity contribution in [3.05, 3.63) is 131 Å². The average molecular weight is 479 g/mol. The van der Waals surface area contributed by atoms with Crippen LogP contribution in [0.5, 0.6) is 0 Å². The highest BCUT2D eigenvalue weighted by molar-refractivity contribution is 6.44. The van der Waals surface area contributed by atoms with E-state index in [1.807, 2.05) is 42.5 Å². The van der Waals surface area contributed by atoms with Crippen molar-refractivity contribution in [1.29, 1.82) is 0 Å². The van der Waals surface area contributed by atoms with Crippen LogP contribution >= 0.6 is 23.2 Å². The molecule has 6 aromatic rings. The number of benzene rings is 5. The van der Waals surface area contributed by atoms with Crippen molar-refractivity contribution in [2.45, 2.75) is 0 Å². The van der Waals surface area contributed by atoms with E-state index in [0.717, 1.165) is 33.8 Å². The first-order valence-corrected chi connectivity index (χ1v) is 11.9. The Hall–Kier alpha value is -3.72. The maximum absolute atomic E-state index is 6.87. The molecule has 0 aliphatic heterocycles. The molecule has 0 radical (unpaired) electrons. The van der Waals surface area contributed by atoms with Gasteiger partial charge in [0.15, 0.2) is 0 Å². The van der Waals surface area contributed by atoms with Gasteiger partial charge in [-0.1, -0.05) is 96.0 Å². The highest BCUT2D eigenvalue weighted by Crippen LogP contribution is 2.44. The highest BCUT2D eigenvalue weighted by Gasteiger charge is 2.20. The van der Waals surface area contributed by atoms with Crippen LogP contribution < -0.4 is 4.90 Å². The second-order valence-corrected chi connectivity index (χ2v) is 8.92. The maximum Gasteiger partial charge on any atom is 0.0834 e. The molecular weight excluding hydrogens is 459 g/mol. The molecule has 0 bridgehead atoms. The van der Waals surface area contributed by atoms with Gasteiger partial charge in [-0.15, -0.1) is 0 Å². The Morgan fingerprint density at radius 1 is 0.529 bits per heavy atom. The number of fused-ring (bicyclic) bond motifs is 3. The summed E-state index contributed by atoms with van der Waals surface area (Å²) in [5.74, 6) is 0. The number of para-hydroxylation sites is 4. The summed E-state index contributed by atoms with van der Waals surface area (Å²) in [7, 11) is 0. The van der Waals surface area contributed by atoms with Crippen LogP contribution in [0.1, 0.15) is 0 Å². The standard InChI is InChI=1S/C30H20Cl2N2/c31-26-19-23(34-27-17-9-7-15-24(27)25-16-8-10-18-28(25)34)20-29(30(26)32)33(21-11-3-1-4-12-21)22-13-5-2-6-14-22/h1-20H. The molecule has 5 aromatic carbocycles. The highest BCUT2D eigenvalue weighted by atomic mass is 35.5. The van der Waals surface area contributed by atoms with Crippen LogP contribution in [0.25, 0.3) is 27.5 Å². The fourth-order valence-corrected chi connectivity index (χ4v) is 5.04. The monoisotopic (exact) mass is 478 g/mol. The summed E-state index contributed by atoms with van der Waals surface area (Å²) in [6.07, 6.45) is 0. The third kappa shape index (κ3) is 3.43. The van der Waals surface area contributed by atoms with E-state index in [9.17, 15) is 0 Å². The molecule has 4 heteroatoms. The van der Waals surface area contributed by atoms with Gasteiger partial charge in [-0.25, -0.2) is 0 Å². The first kappa shape index (κ1) is 20.9. The smallest absolute Gasteiger partial charge is 0.0834 e. The van der Waals surface area contributed by atoms with E-state index in [4.69, 9.17) is 23.2 Å². The van der Waals surface area contributed by atoms with E-state index < -0.39 is 0 Å². The molecule has 0 unspecified atom stereocenters. The van der Waals surface area contributed by atoms with Crippen molar-refractivity contribution in [2.75, 3.05) is 4.90 Å².